The van der Waals surface area contributed by atoms with Crippen molar-refractivity contribution in [2.24, 2.45) is 0 Å². The van der Waals surface area contributed by atoms with E-state index in [1.807, 2.05) is 63.2 Å². The minimum absolute atomic E-state index is 0.00569. The lowest BCUT2D eigenvalue weighted by Crippen LogP contribution is -2.26. The van der Waals surface area contributed by atoms with Crippen molar-refractivity contribution in [1.82, 2.24) is 9.97 Å². The fraction of sp³-hybridized carbons (Fsp3) is 0.222. The van der Waals surface area contributed by atoms with Gasteiger partial charge in [-0.1, -0.05) is 69.3 Å². The number of aryl methyl sites for hydroxylation is 1. The minimum atomic E-state index is -0.866. The van der Waals surface area contributed by atoms with Crippen molar-refractivity contribution in [1.29, 1.82) is 0 Å². The first-order valence-electron chi connectivity index (χ1n) is 10.7. The molecular weight excluding hydrogens is 400 g/mol. The maximum Gasteiger partial charge on any atom is 0.303 e. The van der Waals surface area contributed by atoms with Gasteiger partial charge in [0.25, 0.3) is 5.56 Å². The second kappa shape index (κ2) is 8.42. The molecule has 0 atom stereocenters. The number of carboxylic acid groups (broad SMARTS) is 1. The first kappa shape index (κ1) is 21.5. The number of aromatic amines is 1. The van der Waals surface area contributed by atoms with Crippen LogP contribution in [0.15, 0.2) is 71.5 Å². The van der Waals surface area contributed by atoms with Crippen molar-refractivity contribution in [3.05, 3.63) is 88.3 Å². The van der Waals surface area contributed by atoms with Crippen LogP contribution in [0, 0.1) is 0 Å². The van der Waals surface area contributed by atoms with Crippen LogP contribution >= 0.6 is 0 Å². The van der Waals surface area contributed by atoms with E-state index in [1.165, 1.54) is 0 Å². The summed E-state index contributed by atoms with van der Waals surface area (Å²) in [6, 6.07) is 22.2. The van der Waals surface area contributed by atoms with Gasteiger partial charge in [0.15, 0.2) is 0 Å². The van der Waals surface area contributed by atoms with Crippen molar-refractivity contribution < 1.29 is 9.90 Å². The van der Waals surface area contributed by atoms with E-state index in [2.05, 4.69) is 34.2 Å². The fourth-order valence-electron chi connectivity index (χ4n) is 3.88. The van der Waals surface area contributed by atoms with Gasteiger partial charge in [-0.25, -0.2) is 4.98 Å². The molecule has 0 saturated heterocycles. The molecule has 162 valence electrons. The molecule has 0 radical (unpaired) electrons. The molecule has 0 amide bonds. The summed E-state index contributed by atoms with van der Waals surface area (Å²) in [5, 5.41) is 9.25. The van der Waals surface area contributed by atoms with Crippen molar-refractivity contribution in [2.45, 2.75) is 39.0 Å². The van der Waals surface area contributed by atoms with E-state index in [0.717, 1.165) is 27.8 Å². The Morgan fingerprint density at radius 3 is 2.22 bits per heavy atom. The largest absolute Gasteiger partial charge is 0.481 e. The lowest BCUT2D eigenvalue weighted by atomic mass is 9.91. The number of nitrogens with one attached hydrogen (secondary N) is 1. The van der Waals surface area contributed by atoms with Crippen LogP contribution in [0.4, 0.5) is 0 Å². The Bertz CT molecular complexity index is 1350. The molecule has 0 spiro atoms. The van der Waals surface area contributed by atoms with Gasteiger partial charge in [0.1, 0.15) is 5.69 Å². The average molecular weight is 427 g/mol. The summed E-state index contributed by atoms with van der Waals surface area (Å²) in [6.45, 7) is 5.82. The second-order valence-electron chi connectivity index (χ2n) is 9.04. The van der Waals surface area contributed by atoms with Crippen molar-refractivity contribution in [3.8, 4) is 22.3 Å². The number of fused-ring (bicyclic) bond motifs is 1. The summed E-state index contributed by atoms with van der Waals surface area (Å²) < 4.78 is 0. The predicted molar refractivity (Wildman–Crippen MR) is 128 cm³/mol. The molecule has 0 aliphatic heterocycles. The maximum atomic E-state index is 12.7. The van der Waals surface area contributed by atoms with Gasteiger partial charge in [-0.15, -0.1) is 0 Å². The smallest absolute Gasteiger partial charge is 0.303 e. The van der Waals surface area contributed by atoms with E-state index in [0.29, 0.717) is 23.1 Å². The average Bonchev–Trinajstić information content (AvgIpc) is 2.76. The third kappa shape index (κ3) is 4.47. The van der Waals surface area contributed by atoms with Gasteiger partial charge in [0.05, 0.1) is 11.0 Å². The Hall–Kier alpha value is -3.73. The molecule has 32 heavy (non-hydrogen) atoms. The van der Waals surface area contributed by atoms with Crippen LogP contribution in [0.5, 0.6) is 0 Å². The van der Waals surface area contributed by atoms with Gasteiger partial charge in [0.2, 0.25) is 0 Å². The highest BCUT2D eigenvalue weighted by atomic mass is 16.4. The van der Waals surface area contributed by atoms with Gasteiger partial charge in [0, 0.05) is 11.8 Å². The Morgan fingerprint density at radius 1 is 0.906 bits per heavy atom. The van der Waals surface area contributed by atoms with Crippen LogP contribution in [0.3, 0.4) is 0 Å². The second-order valence-corrected chi connectivity index (χ2v) is 9.04. The van der Waals surface area contributed by atoms with Gasteiger partial charge in [-0.2, -0.15) is 0 Å². The van der Waals surface area contributed by atoms with E-state index < -0.39 is 11.4 Å². The van der Waals surface area contributed by atoms with Crippen molar-refractivity contribution in [2.75, 3.05) is 0 Å². The van der Waals surface area contributed by atoms with Gasteiger partial charge < -0.3 is 10.1 Å². The van der Waals surface area contributed by atoms with Crippen LogP contribution in [0.1, 0.15) is 38.4 Å². The molecule has 2 N–H and O–H groups in total. The van der Waals surface area contributed by atoms with E-state index in [1.54, 1.807) is 0 Å². The van der Waals surface area contributed by atoms with E-state index in [4.69, 9.17) is 0 Å². The first-order valence-corrected chi connectivity index (χ1v) is 10.7. The summed E-state index contributed by atoms with van der Waals surface area (Å²) in [7, 11) is 0. The zero-order chi connectivity index (χ0) is 22.9. The highest BCUT2D eigenvalue weighted by Gasteiger charge is 2.21. The van der Waals surface area contributed by atoms with E-state index in [-0.39, 0.29) is 12.0 Å². The number of carbonyl (C=O) groups is 1. The number of aliphatic carboxylic acids is 1. The van der Waals surface area contributed by atoms with Crippen LogP contribution in [-0.2, 0) is 16.6 Å². The van der Waals surface area contributed by atoms with Gasteiger partial charge in [-0.3, -0.25) is 9.59 Å². The Morgan fingerprint density at radius 2 is 1.56 bits per heavy atom. The Kier molecular flexibility index (Phi) is 5.66. The molecule has 0 aliphatic carbocycles. The van der Waals surface area contributed by atoms with Gasteiger partial charge in [-0.05, 0) is 52.4 Å². The quantitative estimate of drug-likeness (QED) is 0.437. The molecule has 1 aromatic heterocycles. The van der Waals surface area contributed by atoms with E-state index in [9.17, 15) is 14.7 Å². The molecule has 0 saturated carbocycles. The maximum absolute atomic E-state index is 12.7. The number of hydrogen-bond donors (Lipinski definition) is 2. The molecule has 5 heteroatoms. The van der Waals surface area contributed by atoms with Crippen LogP contribution in [0.2, 0.25) is 0 Å². The molecule has 0 aliphatic rings. The number of H-pyrrole nitrogens is 1. The molecule has 4 aromatic rings. The SMILES string of the molecule is CC(C)(C)c1nc2c(CCC(=O)O)cc(-c3cccc(-c4ccccc4)c3)cc2[nH]c1=O. The number of hydrogen-bond acceptors (Lipinski definition) is 3. The number of rotatable bonds is 5. The lowest BCUT2D eigenvalue weighted by Gasteiger charge is -2.18. The Balaban J connectivity index is 1.89. The zero-order valence-corrected chi connectivity index (χ0v) is 18.5. The molecule has 4 rings (SSSR count). The third-order valence-electron chi connectivity index (χ3n) is 5.50. The summed E-state index contributed by atoms with van der Waals surface area (Å²) in [4.78, 5) is 31.7. The molecular formula is C27H26N2O3. The lowest BCUT2D eigenvalue weighted by molar-refractivity contribution is -0.136. The predicted octanol–water partition coefficient (Wildman–Crippen LogP) is 5.57. The van der Waals surface area contributed by atoms with Crippen molar-refractivity contribution in [3.63, 3.8) is 0 Å². The van der Waals surface area contributed by atoms with Gasteiger partial charge >= 0.3 is 5.97 Å². The number of nitrogens with zero attached hydrogens (tertiary/aromatic N) is 1. The summed E-state index contributed by atoms with van der Waals surface area (Å²) >= 11 is 0. The molecule has 5 nitrogen and oxygen atoms in total. The molecule has 0 fully saturated rings. The molecule has 3 aromatic carbocycles. The summed E-state index contributed by atoms with van der Waals surface area (Å²) in [6.07, 6.45) is 0.328. The Labute approximate surface area is 186 Å². The summed E-state index contributed by atoms with van der Waals surface area (Å²) in [5.74, 6) is -0.866. The normalized spacial score (nSPS) is 11.6. The standard InChI is InChI=1S/C27H26N2O3/c1-27(2,3)25-26(32)28-22-16-21(15-20(24(22)29-25)12-13-23(30)31)19-11-7-10-18(14-19)17-8-5-4-6-9-17/h4-11,14-16H,12-13H2,1-3H3,(H,28,32)(H,30,31). The van der Waals surface area contributed by atoms with E-state index >= 15 is 0 Å². The van der Waals surface area contributed by atoms with Crippen molar-refractivity contribution >= 4 is 17.0 Å². The van der Waals surface area contributed by atoms with Crippen LogP contribution < -0.4 is 5.56 Å². The highest BCUT2D eigenvalue weighted by Crippen LogP contribution is 2.30. The molecule has 0 bridgehead atoms. The monoisotopic (exact) mass is 426 g/mol. The first-order chi connectivity index (χ1) is 15.2. The topological polar surface area (TPSA) is 83.0 Å². The molecule has 0 unspecified atom stereocenters. The van der Waals surface area contributed by atoms with Crippen LogP contribution in [0.25, 0.3) is 33.3 Å². The number of benzene rings is 3. The van der Waals surface area contributed by atoms with Crippen LogP contribution in [-0.4, -0.2) is 21.0 Å². The minimum Gasteiger partial charge on any atom is -0.481 e. The fourth-order valence-corrected chi connectivity index (χ4v) is 3.88. The molecule has 1 heterocycles. The number of aromatic nitrogens is 2. The third-order valence-corrected chi connectivity index (χ3v) is 5.50. The summed E-state index contributed by atoms with van der Waals surface area (Å²) in [5.41, 5.74) is 5.99. The highest BCUT2D eigenvalue weighted by molar-refractivity contribution is 5.86. The zero-order valence-electron chi connectivity index (χ0n) is 18.5. The number of carboxylic acids is 1.